The van der Waals surface area contributed by atoms with Crippen LogP contribution in [0.25, 0.3) is 0 Å². The van der Waals surface area contributed by atoms with Crippen molar-refractivity contribution in [3.63, 3.8) is 0 Å². The van der Waals surface area contributed by atoms with Crippen molar-refractivity contribution in [1.29, 1.82) is 0 Å². The molecule has 3 unspecified atom stereocenters. The lowest BCUT2D eigenvalue weighted by Crippen LogP contribution is -2.41. The first-order valence-corrected chi connectivity index (χ1v) is 5.14. The summed E-state index contributed by atoms with van der Waals surface area (Å²) in [6, 6.07) is 0. The third kappa shape index (κ3) is 3.20. The molecule has 0 amide bonds. The van der Waals surface area contributed by atoms with Crippen LogP contribution in [0.5, 0.6) is 0 Å². The molecule has 4 heteroatoms. The van der Waals surface area contributed by atoms with Crippen LogP contribution in [0, 0.1) is 0 Å². The van der Waals surface area contributed by atoms with E-state index in [2.05, 4.69) is 0 Å². The third-order valence-corrected chi connectivity index (χ3v) is 2.74. The first-order chi connectivity index (χ1) is 6.59. The summed E-state index contributed by atoms with van der Waals surface area (Å²) in [6.07, 6.45) is 2.81. The van der Waals surface area contributed by atoms with Crippen molar-refractivity contribution in [2.45, 2.75) is 43.9 Å². The number of hydrogen-bond acceptors (Lipinski definition) is 4. The molecule has 0 spiro atoms. The fourth-order valence-electron chi connectivity index (χ4n) is 1.97. The predicted molar refractivity (Wildman–Crippen MR) is 54.1 cm³/mol. The minimum Gasteiger partial charge on any atom is -0.394 e. The molecule has 1 rings (SSSR count). The molecule has 1 aliphatic carbocycles. The minimum absolute atomic E-state index is 0.0471. The zero-order valence-corrected chi connectivity index (χ0v) is 9.03. The first kappa shape index (κ1) is 11.9. The summed E-state index contributed by atoms with van der Waals surface area (Å²) in [7, 11) is 1.66. The Kier molecular flexibility index (Phi) is 4.31. The molecule has 0 aromatic rings. The molecule has 14 heavy (non-hydrogen) atoms. The highest BCUT2D eigenvalue weighted by Crippen LogP contribution is 2.30. The molecule has 3 atom stereocenters. The van der Waals surface area contributed by atoms with Crippen LogP contribution in [0.3, 0.4) is 0 Å². The van der Waals surface area contributed by atoms with Crippen LogP contribution in [0.2, 0.25) is 0 Å². The molecule has 0 heterocycles. The van der Waals surface area contributed by atoms with Gasteiger partial charge in [0, 0.05) is 12.6 Å². The fraction of sp³-hybridized carbons (Fsp3) is 1.00. The fourth-order valence-corrected chi connectivity index (χ4v) is 1.97. The highest BCUT2D eigenvalue weighted by atomic mass is 16.5. The molecule has 0 aliphatic heterocycles. The van der Waals surface area contributed by atoms with E-state index in [1.54, 1.807) is 7.11 Å². The Bertz CT molecular complexity index is 177. The Hall–Kier alpha value is -0.160. The standard InChI is InChI=1S/C10H21NO3/c1-8(6-13-2)14-9-3-4-10(11,5-9)7-12/h8-9,12H,3-7,11H2,1-2H3. The molecule has 84 valence electrons. The third-order valence-electron chi connectivity index (χ3n) is 2.74. The maximum atomic E-state index is 9.08. The van der Waals surface area contributed by atoms with E-state index in [0.29, 0.717) is 6.61 Å². The van der Waals surface area contributed by atoms with Crippen molar-refractivity contribution in [1.82, 2.24) is 0 Å². The summed E-state index contributed by atoms with van der Waals surface area (Å²) in [5, 5.41) is 9.08. The van der Waals surface area contributed by atoms with Crippen LogP contribution >= 0.6 is 0 Å². The summed E-state index contributed by atoms with van der Waals surface area (Å²) in [4.78, 5) is 0. The molecule has 0 saturated heterocycles. The largest absolute Gasteiger partial charge is 0.394 e. The van der Waals surface area contributed by atoms with Crippen molar-refractivity contribution in [3.05, 3.63) is 0 Å². The number of hydrogen-bond donors (Lipinski definition) is 2. The van der Waals surface area contributed by atoms with Gasteiger partial charge in [0.25, 0.3) is 0 Å². The Labute approximate surface area is 85.4 Å². The maximum absolute atomic E-state index is 9.08. The van der Waals surface area contributed by atoms with Gasteiger partial charge in [-0.05, 0) is 26.2 Å². The number of nitrogens with two attached hydrogens (primary N) is 1. The van der Waals surface area contributed by atoms with Gasteiger partial charge in [-0.15, -0.1) is 0 Å². The Morgan fingerprint density at radius 1 is 1.64 bits per heavy atom. The van der Waals surface area contributed by atoms with Gasteiger partial charge in [0.1, 0.15) is 0 Å². The molecule has 3 N–H and O–H groups in total. The molecular weight excluding hydrogens is 182 g/mol. The number of ether oxygens (including phenoxy) is 2. The second-order valence-corrected chi connectivity index (χ2v) is 4.29. The number of aliphatic hydroxyl groups excluding tert-OH is 1. The van der Waals surface area contributed by atoms with Gasteiger partial charge in [-0.2, -0.15) is 0 Å². The monoisotopic (exact) mass is 203 g/mol. The lowest BCUT2D eigenvalue weighted by atomic mass is 10.0. The summed E-state index contributed by atoms with van der Waals surface area (Å²) in [5.74, 6) is 0. The molecule has 0 aromatic heterocycles. The Morgan fingerprint density at radius 2 is 2.36 bits per heavy atom. The van der Waals surface area contributed by atoms with E-state index in [-0.39, 0.29) is 18.8 Å². The van der Waals surface area contributed by atoms with E-state index in [9.17, 15) is 0 Å². The van der Waals surface area contributed by atoms with E-state index < -0.39 is 5.54 Å². The molecule has 4 nitrogen and oxygen atoms in total. The SMILES string of the molecule is COCC(C)OC1CCC(N)(CO)C1. The predicted octanol–water partition coefficient (Wildman–Crippen LogP) is 0.280. The van der Waals surface area contributed by atoms with Crippen LogP contribution < -0.4 is 5.73 Å². The summed E-state index contributed by atoms with van der Waals surface area (Å²) in [5.41, 5.74) is 5.52. The van der Waals surface area contributed by atoms with Gasteiger partial charge < -0.3 is 20.3 Å². The number of methoxy groups -OCH3 is 1. The molecule has 1 fully saturated rings. The van der Waals surface area contributed by atoms with E-state index in [1.807, 2.05) is 6.92 Å². The van der Waals surface area contributed by atoms with Crippen molar-refractivity contribution < 1.29 is 14.6 Å². The van der Waals surface area contributed by atoms with Crippen molar-refractivity contribution in [3.8, 4) is 0 Å². The van der Waals surface area contributed by atoms with Crippen LogP contribution in [-0.2, 0) is 9.47 Å². The zero-order chi connectivity index (χ0) is 10.6. The van der Waals surface area contributed by atoms with Crippen molar-refractivity contribution in [2.75, 3.05) is 20.3 Å². The van der Waals surface area contributed by atoms with E-state index in [4.69, 9.17) is 20.3 Å². The topological polar surface area (TPSA) is 64.7 Å². The van der Waals surface area contributed by atoms with Gasteiger partial charge >= 0.3 is 0 Å². The van der Waals surface area contributed by atoms with Crippen molar-refractivity contribution >= 4 is 0 Å². The number of rotatable bonds is 5. The summed E-state index contributed by atoms with van der Waals surface area (Å²) >= 11 is 0. The average Bonchev–Trinajstić information content (AvgIpc) is 2.49. The van der Waals surface area contributed by atoms with Gasteiger partial charge in [-0.3, -0.25) is 0 Å². The van der Waals surface area contributed by atoms with Crippen LogP contribution in [0.15, 0.2) is 0 Å². The van der Waals surface area contributed by atoms with E-state index in [0.717, 1.165) is 19.3 Å². The van der Waals surface area contributed by atoms with Crippen LogP contribution in [-0.4, -0.2) is 43.2 Å². The second kappa shape index (κ2) is 5.07. The van der Waals surface area contributed by atoms with Gasteiger partial charge in [0.2, 0.25) is 0 Å². The summed E-state index contributed by atoms with van der Waals surface area (Å²) < 4.78 is 10.7. The first-order valence-electron chi connectivity index (χ1n) is 5.14. The smallest absolute Gasteiger partial charge is 0.0784 e. The normalized spacial score (nSPS) is 34.7. The van der Waals surface area contributed by atoms with E-state index >= 15 is 0 Å². The molecule has 1 saturated carbocycles. The molecule has 0 radical (unpaired) electrons. The quantitative estimate of drug-likeness (QED) is 0.673. The van der Waals surface area contributed by atoms with Gasteiger partial charge in [-0.1, -0.05) is 0 Å². The zero-order valence-electron chi connectivity index (χ0n) is 9.03. The maximum Gasteiger partial charge on any atom is 0.0784 e. The molecular formula is C10H21NO3. The number of aliphatic hydroxyl groups is 1. The van der Waals surface area contributed by atoms with Crippen molar-refractivity contribution in [2.24, 2.45) is 5.73 Å². The minimum atomic E-state index is -0.419. The highest BCUT2D eigenvalue weighted by Gasteiger charge is 2.36. The van der Waals surface area contributed by atoms with Crippen LogP contribution in [0.4, 0.5) is 0 Å². The van der Waals surface area contributed by atoms with E-state index in [1.165, 1.54) is 0 Å². The Balaban J connectivity index is 2.28. The Morgan fingerprint density at radius 3 is 2.86 bits per heavy atom. The average molecular weight is 203 g/mol. The van der Waals surface area contributed by atoms with Crippen LogP contribution in [0.1, 0.15) is 26.2 Å². The lowest BCUT2D eigenvalue weighted by molar-refractivity contribution is -0.0383. The lowest BCUT2D eigenvalue weighted by Gasteiger charge is -2.22. The molecule has 1 aliphatic rings. The summed E-state index contributed by atoms with van der Waals surface area (Å²) in [6.45, 7) is 2.64. The molecule has 0 bridgehead atoms. The van der Waals surface area contributed by atoms with Gasteiger partial charge in [0.05, 0.1) is 25.4 Å². The second-order valence-electron chi connectivity index (χ2n) is 4.29. The molecule has 0 aromatic carbocycles. The highest BCUT2D eigenvalue weighted by molar-refractivity contribution is 4.93. The van der Waals surface area contributed by atoms with Gasteiger partial charge in [0.15, 0.2) is 0 Å². The van der Waals surface area contributed by atoms with Gasteiger partial charge in [-0.25, -0.2) is 0 Å².